The first-order chi connectivity index (χ1) is 9.67. The van der Waals surface area contributed by atoms with Gasteiger partial charge in [-0.25, -0.2) is 4.79 Å². The molecule has 1 heterocycles. The first-order valence-corrected chi connectivity index (χ1v) is 7.53. The molecule has 1 aliphatic rings. The van der Waals surface area contributed by atoms with E-state index in [2.05, 4.69) is 20.9 Å². The van der Waals surface area contributed by atoms with Gasteiger partial charge in [0.05, 0.1) is 12.7 Å². The van der Waals surface area contributed by atoms with E-state index in [4.69, 9.17) is 4.74 Å². The third-order valence-electron chi connectivity index (χ3n) is 3.63. The van der Waals surface area contributed by atoms with E-state index in [9.17, 15) is 4.79 Å². The maximum atomic E-state index is 11.9. The minimum absolute atomic E-state index is 0.266. The number of esters is 1. The number of halogens is 1. The van der Waals surface area contributed by atoms with Gasteiger partial charge in [0.25, 0.3) is 0 Å². The van der Waals surface area contributed by atoms with Crippen molar-refractivity contribution in [2.45, 2.75) is 19.3 Å². The Morgan fingerprint density at radius 1 is 1.40 bits per heavy atom. The van der Waals surface area contributed by atoms with Crippen LogP contribution in [0.1, 0.15) is 28.9 Å². The topological polar surface area (TPSA) is 42.1 Å². The molecular weight excluding hydrogens is 318 g/mol. The lowest BCUT2D eigenvalue weighted by molar-refractivity contribution is 0.0599. The molecule has 1 aromatic heterocycles. The van der Waals surface area contributed by atoms with Crippen LogP contribution in [0.2, 0.25) is 0 Å². The molecule has 1 aromatic carbocycles. The maximum Gasteiger partial charge on any atom is 0.339 e. The summed E-state index contributed by atoms with van der Waals surface area (Å²) in [6.45, 7) is 0. The van der Waals surface area contributed by atoms with Crippen LogP contribution in [0.25, 0.3) is 11.3 Å². The summed E-state index contributed by atoms with van der Waals surface area (Å²) in [5.41, 5.74) is 3.68. The fourth-order valence-corrected chi connectivity index (χ4v) is 2.77. The highest BCUT2D eigenvalue weighted by molar-refractivity contribution is 9.10. The van der Waals surface area contributed by atoms with Crippen molar-refractivity contribution in [3.63, 3.8) is 0 Å². The van der Waals surface area contributed by atoms with Crippen LogP contribution in [0.5, 0.6) is 0 Å². The van der Waals surface area contributed by atoms with Crippen LogP contribution in [0.15, 0.2) is 34.8 Å². The van der Waals surface area contributed by atoms with Gasteiger partial charge in [-0.3, -0.25) is 0 Å². The molecule has 1 aliphatic carbocycles. The molecule has 0 aliphatic heterocycles. The number of H-pyrrole nitrogens is 1. The second kappa shape index (κ2) is 5.44. The van der Waals surface area contributed by atoms with E-state index in [1.165, 1.54) is 20.0 Å². The zero-order chi connectivity index (χ0) is 14.1. The molecule has 3 rings (SSSR count). The first-order valence-electron chi connectivity index (χ1n) is 6.73. The Balaban J connectivity index is 1.99. The van der Waals surface area contributed by atoms with E-state index >= 15 is 0 Å². The first kappa shape index (κ1) is 13.4. The third kappa shape index (κ3) is 2.80. The number of aromatic nitrogens is 1. The van der Waals surface area contributed by atoms with E-state index in [1.807, 2.05) is 30.3 Å². The van der Waals surface area contributed by atoms with Crippen molar-refractivity contribution >= 4 is 21.9 Å². The number of rotatable bonds is 4. The second-order valence-corrected chi connectivity index (χ2v) is 6.14. The maximum absolute atomic E-state index is 11.9. The molecule has 1 N–H and O–H groups in total. The van der Waals surface area contributed by atoms with E-state index in [-0.39, 0.29) is 5.97 Å². The van der Waals surface area contributed by atoms with Crippen LogP contribution in [-0.2, 0) is 11.2 Å². The molecule has 0 saturated heterocycles. The second-order valence-electron chi connectivity index (χ2n) is 5.22. The lowest BCUT2D eigenvalue weighted by Gasteiger charge is -2.01. The molecule has 20 heavy (non-hydrogen) atoms. The molecule has 0 radical (unpaired) electrons. The fraction of sp³-hybridized carbons (Fsp3) is 0.312. The molecule has 2 aromatic rings. The van der Waals surface area contributed by atoms with Gasteiger partial charge < -0.3 is 9.72 Å². The Kier molecular flexibility index (Phi) is 3.66. The van der Waals surface area contributed by atoms with Gasteiger partial charge in [-0.2, -0.15) is 0 Å². The molecule has 0 spiro atoms. The van der Waals surface area contributed by atoms with Crippen molar-refractivity contribution < 1.29 is 9.53 Å². The predicted molar refractivity (Wildman–Crippen MR) is 81.7 cm³/mol. The lowest BCUT2D eigenvalue weighted by atomic mass is 10.1. The highest BCUT2D eigenvalue weighted by Crippen LogP contribution is 2.34. The van der Waals surface area contributed by atoms with Gasteiger partial charge in [-0.05, 0) is 48.9 Å². The Labute approximate surface area is 126 Å². The van der Waals surface area contributed by atoms with Gasteiger partial charge in [0.2, 0.25) is 0 Å². The number of hydrogen-bond acceptors (Lipinski definition) is 2. The molecule has 104 valence electrons. The summed E-state index contributed by atoms with van der Waals surface area (Å²) in [5.74, 6) is 0.450. The van der Waals surface area contributed by atoms with Crippen LogP contribution in [0, 0.1) is 5.92 Å². The van der Waals surface area contributed by atoms with Crippen LogP contribution >= 0.6 is 15.9 Å². The molecular formula is C16H16BrNO2. The molecule has 4 heteroatoms. The molecule has 0 amide bonds. The lowest BCUT2D eigenvalue weighted by Crippen LogP contribution is -2.04. The van der Waals surface area contributed by atoms with Crippen LogP contribution in [0.3, 0.4) is 0 Å². The summed E-state index contributed by atoms with van der Waals surface area (Å²) in [6.07, 6.45) is 3.44. The summed E-state index contributed by atoms with van der Waals surface area (Å²) in [6, 6.07) is 9.93. The van der Waals surface area contributed by atoms with Gasteiger partial charge in [0.1, 0.15) is 0 Å². The molecule has 0 unspecified atom stereocenters. The Morgan fingerprint density at radius 2 is 2.20 bits per heavy atom. The van der Waals surface area contributed by atoms with Gasteiger partial charge in [-0.15, -0.1) is 0 Å². The minimum Gasteiger partial charge on any atom is -0.465 e. The number of carbonyl (C=O) groups excluding carboxylic acids is 1. The average Bonchev–Trinajstić information content (AvgIpc) is 3.15. The summed E-state index contributed by atoms with van der Waals surface area (Å²) in [5, 5.41) is 0. The Bertz CT molecular complexity index is 644. The van der Waals surface area contributed by atoms with E-state index < -0.39 is 0 Å². The summed E-state index contributed by atoms with van der Waals surface area (Å²) < 4.78 is 5.90. The number of carbonyl (C=O) groups is 1. The molecule has 0 atom stereocenters. The SMILES string of the molecule is COC(=O)c1cc(-c2cccc(Br)c2)[nH]c1CC1CC1. The smallest absolute Gasteiger partial charge is 0.339 e. The van der Waals surface area contributed by atoms with Gasteiger partial charge in [0, 0.05) is 15.9 Å². The molecule has 0 bridgehead atoms. The average molecular weight is 334 g/mol. The Morgan fingerprint density at radius 3 is 2.85 bits per heavy atom. The highest BCUT2D eigenvalue weighted by atomic mass is 79.9. The van der Waals surface area contributed by atoms with Crippen LogP contribution in [-0.4, -0.2) is 18.1 Å². The summed E-state index contributed by atoms with van der Waals surface area (Å²) in [7, 11) is 1.43. The van der Waals surface area contributed by atoms with Crippen molar-refractivity contribution in [2.75, 3.05) is 7.11 Å². The van der Waals surface area contributed by atoms with Crippen LogP contribution in [0.4, 0.5) is 0 Å². The number of ether oxygens (including phenoxy) is 1. The predicted octanol–water partition coefficient (Wildman–Crippen LogP) is 4.18. The normalized spacial score (nSPS) is 14.3. The standard InChI is InChI=1S/C16H16BrNO2/c1-20-16(19)13-9-14(11-3-2-4-12(17)8-11)18-15(13)7-10-5-6-10/h2-4,8-10,18H,5-7H2,1H3. The van der Waals surface area contributed by atoms with Crippen molar-refractivity contribution in [2.24, 2.45) is 5.92 Å². The quantitative estimate of drug-likeness (QED) is 0.852. The van der Waals surface area contributed by atoms with Crippen molar-refractivity contribution in [1.29, 1.82) is 0 Å². The van der Waals surface area contributed by atoms with E-state index in [0.717, 1.165) is 27.8 Å². The number of nitrogens with one attached hydrogen (secondary N) is 1. The van der Waals surface area contributed by atoms with Crippen molar-refractivity contribution in [1.82, 2.24) is 4.98 Å². The zero-order valence-corrected chi connectivity index (χ0v) is 12.9. The molecule has 1 saturated carbocycles. The fourth-order valence-electron chi connectivity index (χ4n) is 2.37. The zero-order valence-electron chi connectivity index (χ0n) is 11.3. The summed E-state index contributed by atoms with van der Waals surface area (Å²) in [4.78, 5) is 15.3. The third-order valence-corrected chi connectivity index (χ3v) is 4.12. The Hall–Kier alpha value is -1.55. The van der Waals surface area contributed by atoms with Crippen molar-refractivity contribution in [3.8, 4) is 11.3 Å². The monoisotopic (exact) mass is 333 g/mol. The van der Waals surface area contributed by atoms with Gasteiger partial charge in [-0.1, -0.05) is 28.1 Å². The molecule has 1 fully saturated rings. The van der Waals surface area contributed by atoms with Crippen LogP contribution < -0.4 is 0 Å². The van der Waals surface area contributed by atoms with E-state index in [1.54, 1.807) is 0 Å². The largest absolute Gasteiger partial charge is 0.465 e. The molecule has 3 nitrogen and oxygen atoms in total. The van der Waals surface area contributed by atoms with Gasteiger partial charge >= 0.3 is 5.97 Å². The van der Waals surface area contributed by atoms with Gasteiger partial charge in [0.15, 0.2) is 0 Å². The summed E-state index contributed by atoms with van der Waals surface area (Å²) >= 11 is 3.47. The number of hydrogen-bond donors (Lipinski definition) is 1. The number of methoxy groups -OCH3 is 1. The number of benzene rings is 1. The minimum atomic E-state index is -0.266. The highest BCUT2D eigenvalue weighted by Gasteiger charge is 2.26. The van der Waals surface area contributed by atoms with E-state index in [0.29, 0.717) is 11.5 Å². The number of aromatic amines is 1. The van der Waals surface area contributed by atoms with Crippen molar-refractivity contribution in [3.05, 3.63) is 46.1 Å².